The van der Waals surface area contributed by atoms with Gasteiger partial charge in [-0.05, 0) is 64.9 Å². The number of hydrogen-bond donors (Lipinski definition) is 1. The first-order chi connectivity index (χ1) is 22.3. The van der Waals surface area contributed by atoms with Crippen LogP contribution in [0.3, 0.4) is 0 Å². The molecule has 0 spiro atoms. The van der Waals surface area contributed by atoms with E-state index < -0.39 is 24.4 Å². The molecule has 0 aromatic carbocycles. The van der Waals surface area contributed by atoms with Crippen molar-refractivity contribution < 1.29 is 32.2 Å². The SMILES string of the molecule is CC(C(=O)Nc1cn(C2CCCCO2)nc1-c1cc2c(cnn2CC(F)(F)F)c(N2CCN(C(=O)OC(C)(C)C)CC2)n1)C1CCC1. The highest BCUT2D eigenvalue weighted by Crippen LogP contribution is 2.37. The van der Waals surface area contributed by atoms with Crippen molar-refractivity contribution in [2.75, 3.05) is 43.0 Å². The van der Waals surface area contributed by atoms with Crippen molar-refractivity contribution in [2.45, 2.75) is 90.8 Å². The van der Waals surface area contributed by atoms with E-state index in [9.17, 15) is 22.8 Å². The van der Waals surface area contributed by atoms with Gasteiger partial charge < -0.3 is 24.6 Å². The summed E-state index contributed by atoms with van der Waals surface area (Å²) in [5.41, 5.74) is 0.652. The van der Waals surface area contributed by atoms with Crippen LogP contribution in [-0.2, 0) is 20.8 Å². The number of ether oxygens (including phenoxy) is 2. The normalized spacial score (nSPS) is 20.3. The highest BCUT2D eigenvalue weighted by Gasteiger charge is 2.33. The number of fused-ring (bicyclic) bond motifs is 1. The van der Waals surface area contributed by atoms with Crippen molar-refractivity contribution in [3.63, 3.8) is 0 Å². The number of piperazine rings is 1. The Balaban J connectivity index is 1.38. The number of pyridine rings is 1. The quantitative estimate of drug-likeness (QED) is 0.329. The van der Waals surface area contributed by atoms with Gasteiger partial charge in [0, 0.05) is 38.7 Å². The van der Waals surface area contributed by atoms with Crippen molar-refractivity contribution in [3.8, 4) is 11.4 Å². The Kier molecular flexibility index (Phi) is 9.11. The molecule has 1 N–H and O–H groups in total. The maximum atomic E-state index is 13.6. The van der Waals surface area contributed by atoms with Gasteiger partial charge in [0.25, 0.3) is 0 Å². The lowest BCUT2D eigenvalue weighted by Gasteiger charge is -2.36. The van der Waals surface area contributed by atoms with Gasteiger partial charge in [0.2, 0.25) is 5.91 Å². The summed E-state index contributed by atoms with van der Waals surface area (Å²) >= 11 is 0. The molecular weight excluding hydrogens is 617 g/mol. The first-order valence-corrected chi connectivity index (χ1v) is 16.4. The van der Waals surface area contributed by atoms with Gasteiger partial charge in [0.05, 0.1) is 34.7 Å². The minimum absolute atomic E-state index is 0.137. The number of carbonyl (C=O) groups excluding carboxylic acids is 2. The van der Waals surface area contributed by atoms with Crippen molar-refractivity contribution in [2.24, 2.45) is 11.8 Å². The lowest BCUT2D eigenvalue weighted by molar-refractivity contribution is -0.141. The maximum absolute atomic E-state index is 13.6. The third-order valence-corrected chi connectivity index (χ3v) is 9.13. The highest BCUT2D eigenvalue weighted by molar-refractivity contribution is 5.98. The molecule has 6 rings (SSSR count). The number of amides is 2. The second-order valence-electron chi connectivity index (χ2n) is 13.8. The van der Waals surface area contributed by atoms with E-state index in [4.69, 9.17) is 19.6 Å². The zero-order valence-corrected chi connectivity index (χ0v) is 27.3. The molecule has 3 fully saturated rings. The van der Waals surface area contributed by atoms with E-state index in [1.807, 2.05) is 11.8 Å². The lowest BCUT2D eigenvalue weighted by Crippen LogP contribution is -2.50. The van der Waals surface area contributed by atoms with Crippen LogP contribution in [0.5, 0.6) is 0 Å². The first kappa shape index (κ1) is 33.0. The van der Waals surface area contributed by atoms with Crippen LogP contribution in [0.25, 0.3) is 22.3 Å². The zero-order chi connectivity index (χ0) is 33.5. The number of aromatic nitrogens is 5. The summed E-state index contributed by atoms with van der Waals surface area (Å²) in [6, 6.07) is 1.55. The fourth-order valence-corrected chi connectivity index (χ4v) is 6.29. The van der Waals surface area contributed by atoms with Gasteiger partial charge in [-0.1, -0.05) is 13.3 Å². The predicted molar refractivity (Wildman–Crippen MR) is 169 cm³/mol. The highest BCUT2D eigenvalue weighted by atomic mass is 19.4. The van der Waals surface area contributed by atoms with E-state index in [2.05, 4.69) is 10.4 Å². The van der Waals surface area contributed by atoms with Crippen molar-refractivity contribution in [1.82, 2.24) is 29.4 Å². The molecule has 0 bridgehead atoms. The molecular formula is C32H43F3N8O4. The average Bonchev–Trinajstić information content (AvgIpc) is 3.58. The van der Waals surface area contributed by atoms with Crippen molar-refractivity contribution >= 4 is 34.4 Å². The van der Waals surface area contributed by atoms with Crippen LogP contribution in [0.15, 0.2) is 18.5 Å². The maximum Gasteiger partial charge on any atom is 0.410 e. The number of rotatable bonds is 7. The molecule has 2 aliphatic heterocycles. The van der Waals surface area contributed by atoms with Gasteiger partial charge >= 0.3 is 12.3 Å². The average molecular weight is 661 g/mol. The topological polar surface area (TPSA) is 120 Å². The third kappa shape index (κ3) is 7.49. The van der Waals surface area contributed by atoms with Gasteiger partial charge in [-0.3, -0.25) is 9.48 Å². The number of hydrogen-bond acceptors (Lipinski definition) is 8. The van der Waals surface area contributed by atoms with Crippen LogP contribution in [0, 0.1) is 11.8 Å². The number of anilines is 2. The molecule has 2 saturated heterocycles. The minimum Gasteiger partial charge on any atom is -0.444 e. The fraction of sp³-hybridized carbons (Fsp3) is 0.656. The summed E-state index contributed by atoms with van der Waals surface area (Å²) < 4.78 is 55.0. The summed E-state index contributed by atoms with van der Waals surface area (Å²) in [6.45, 7) is 8.07. The number of nitrogens with one attached hydrogen (secondary N) is 1. The molecule has 0 radical (unpaired) electrons. The Morgan fingerprint density at radius 2 is 1.83 bits per heavy atom. The molecule has 12 nitrogen and oxygen atoms in total. The summed E-state index contributed by atoms with van der Waals surface area (Å²) in [5, 5.41) is 12.4. The molecule has 2 unspecified atom stereocenters. The molecule has 5 heterocycles. The van der Waals surface area contributed by atoms with Crippen LogP contribution < -0.4 is 10.2 Å². The fourth-order valence-electron chi connectivity index (χ4n) is 6.29. The lowest BCUT2D eigenvalue weighted by atomic mass is 9.76. The van der Waals surface area contributed by atoms with E-state index in [1.165, 1.54) is 6.20 Å². The molecule has 47 heavy (non-hydrogen) atoms. The van der Waals surface area contributed by atoms with Gasteiger partial charge in [-0.15, -0.1) is 0 Å². The first-order valence-electron chi connectivity index (χ1n) is 16.4. The van der Waals surface area contributed by atoms with Crippen molar-refractivity contribution in [3.05, 3.63) is 18.5 Å². The summed E-state index contributed by atoms with van der Waals surface area (Å²) in [5.74, 6) is 0.402. The third-order valence-electron chi connectivity index (χ3n) is 9.13. The van der Waals surface area contributed by atoms with Gasteiger partial charge in [0.15, 0.2) is 0 Å². The van der Waals surface area contributed by atoms with Gasteiger partial charge in [0.1, 0.15) is 29.9 Å². The predicted octanol–water partition coefficient (Wildman–Crippen LogP) is 5.99. The van der Waals surface area contributed by atoms with E-state index >= 15 is 0 Å². The molecule has 2 amide bonds. The Labute approximate surface area is 271 Å². The second kappa shape index (κ2) is 13.0. The molecule has 3 aromatic rings. The van der Waals surface area contributed by atoms with Crippen LogP contribution in [-0.4, -0.2) is 86.0 Å². The molecule has 2 atom stereocenters. The van der Waals surface area contributed by atoms with Crippen LogP contribution >= 0.6 is 0 Å². The van der Waals surface area contributed by atoms with Gasteiger partial charge in [-0.25, -0.2) is 14.5 Å². The summed E-state index contributed by atoms with van der Waals surface area (Å²) in [4.78, 5) is 34.6. The Bertz CT molecular complexity index is 1600. The monoisotopic (exact) mass is 660 g/mol. The smallest absolute Gasteiger partial charge is 0.410 e. The van der Waals surface area contributed by atoms with Crippen molar-refractivity contribution in [1.29, 1.82) is 0 Å². The molecule has 15 heteroatoms. The largest absolute Gasteiger partial charge is 0.444 e. The molecule has 256 valence electrons. The van der Waals surface area contributed by atoms with E-state index in [0.717, 1.165) is 43.2 Å². The summed E-state index contributed by atoms with van der Waals surface area (Å²) in [6.07, 6.45) is 3.62. The van der Waals surface area contributed by atoms with E-state index in [1.54, 1.807) is 42.6 Å². The second-order valence-corrected chi connectivity index (χ2v) is 13.8. The van der Waals surface area contributed by atoms with Crippen LogP contribution in [0.4, 0.5) is 29.5 Å². The number of nitrogens with zero attached hydrogens (tertiary/aromatic N) is 7. The Morgan fingerprint density at radius 1 is 1.09 bits per heavy atom. The molecule has 3 aromatic heterocycles. The number of halogens is 3. The van der Waals surface area contributed by atoms with Crippen LogP contribution in [0.2, 0.25) is 0 Å². The Hall–Kier alpha value is -3.88. The zero-order valence-electron chi connectivity index (χ0n) is 27.3. The number of alkyl halides is 3. The standard InChI is InChI=1S/C32H43F3N8O4/c1-20(21-8-7-9-21)29(44)38-24-18-42(26-10-5-6-15-46-26)39-27(24)23-16-25-22(17-36-43(25)19-32(33,34)35)28(37-23)40-11-13-41(14-12-40)30(45)47-31(2,3)4/h16-18,20-21,26H,5-15,19H2,1-4H3,(H,38,44). The Morgan fingerprint density at radius 3 is 2.45 bits per heavy atom. The van der Waals surface area contributed by atoms with E-state index in [-0.39, 0.29) is 23.6 Å². The molecule has 3 aliphatic rings. The summed E-state index contributed by atoms with van der Waals surface area (Å²) in [7, 11) is 0. The molecule has 1 saturated carbocycles. The number of carbonyl (C=O) groups is 2. The van der Waals surface area contributed by atoms with Gasteiger partial charge in [-0.2, -0.15) is 23.4 Å². The van der Waals surface area contributed by atoms with Crippen LogP contribution in [0.1, 0.15) is 72.4 Å². The molecule has 1 aliphatic carbocycles. The minimum atomic E-state index is -4.50. The van der Waals surface area contributed by atoms with E-state index in [0.29, 0.717) is 67.0 Å².